The number of aryl methyl sites for hydroxylation is 1. The summed E-state index contributed by atoms with van der Waals surface area (Å²) in [5.41, 5.74) is 1.63. The van der Waals surface area contributed by atoms with E-state index in [0.29, 0.717) is 5.41 Å². The Morgan fingerprint density at radius 3 is 2.81 bits per heavy atom. The number of guanidine groups is 1. The van der Waals surface area contributed by atoms with Gasteiger partial charge in [-0.2, -0.15) is 0 Å². The number of likely N-dealkylation sites (tertiary alicyclic amines) is 1. The third kappa shape index (κ3) is 4.52. The van der Waals surface area contributed by atoms with E-state index >= 15 is 0 Å². The van der Waals surface area contributed by atoms with Crippen molar-refractivity contribution in [3.63, 3.8) is 0 Å². The molecule has 142 valence electrons. The molecule has 2 heterocycles. The lowest BCUT2D eigenvalue weighted by molar-refractivity contribution is -0.384. The molecule has 0 saturated carbocycles. The number of ether oxygens (including phenoxy) is 1. The van der Waals surface area contributed by atoms with E-state index in [-0.39, 0.29) is 10.6 Å². The first-order valence-electron chi connectivity index (χ1n) is 9.39. The third-order valence-corrected chi connectivity index (χ3v) is 5.46. The molecule has 0 amide bonds. The largest absolute Gasteiger partial charge is 0.381 e. The Balaban J connectivity index is 1.36. The van der Waals surface area contributed by atoms with E-state index in [2.05, 4.69) is 15.2 Å². The second kappa shape index (κ2) is 8.49. The van der Waals surface area contributed by atoms with Gasteiger partial charge in [-0.05, 0) is 37.7 Å². The maximum Gasteiger partial charge on any atom is 0.269 e. The fraction of sp³-hybridized carbons (Fsp3) is 0.632. The second-order valence-electron chi connectivity index (χ2n) is 7.33. The maximum absolute atomic E-state index is 10.7. The normalized spacial score (nSPS) is 23.0. The Kier molecular flexibility index (Phi) is 6.08. The Labute approximate surface area is 154 Å². The first-order chi connectivity index (χ1) is 12.6. The van der Waals surface area contributed by atoms with Gasteiger partial charge < -0.3 is 15.0 Å². The minimum atomic E-state index is -0.362. The monoisotopic (exact) mass is 360 g/mol. The highest BCUT2D eigenvalue weighted by atomic mass is 16.6. The molecule has 7 nitrogen and oxygen atoms in total. The zero-order valence-corrected chi connectivity index (χ0v) is 15.4. The predicted molar refractivity (Wildman–Crippen MR) is 101 cm³/mol. The van der Waals surface area contributed by atoms with Crippen LogP contribution in [0.15, 0.2) is 29.3 Å². The van der Waals surface area contributed by atoms with Gasteiger partial charge in [-0.25, -0.2) is 0 Å². The van der Waals surface area contributed by atoms with Gasteiger partial charge in [-0.15, -0.1) is 0 Å². The number of rotatable bonds is 6. The molecule has 1 unspecified atom stereocenters. The minimum Gasteiger partial charge on any atom is -0.381 e. The molecule has 2 aliphatic heterocycles. The molecule has 1 aromatic rings. The van der Waals surface area contributed by atoms with Crippen molar-refractivity contribution in [2.45, 2.75) is 32.1 Å². The number of nitro groups is 1. The molecular formula is C19H28N4O3. The summed E-state index contributed by atoms with van der Waals surface area (Å²) in [5.74, 6) is 0.990. The number of benzene rings is 1. The van der Waals surface area contributed by atoms with Crippen LogP contribution in [-0.4, -0.2) is 55.7 Å². The minimum absolute atomic E-state index is 0.148. The zero-order valence-electron chi connectivity index (χ0n) is 15.4. The average molecular weight is 360 g/mol. The number of hydrogen-bond acceptors (Lipinski definition) is 4. The summed E-state index contributed by atoms with van der Waals surface area (Å²) in [6.07, 6.45) is 5.36. The van der Waals surface area contributed by atoms with Crippen LogP contribution in [0.2, 0.25) is 0 Å². The van der Waals surface area contributed by atoms with Crippen molar-refractivity contribution in [3.8, 4) is 0 Å². The van der Waals surface area contributed by atoms with E-state index in [1.807, 2.05) is 19.2 Å². The van der Waals surface area contributed by atoms with Crippen LogP contribution in [0.1, 0.15) is 31.2 Å². The summed E-state index contributed by atoms with van der Waals surface area (Å²) in [7, 11) is 1.84. The molecule has 2 aliphatic rings. The van der Waals surface area contributed by atoms with Gasteiger partial charge in [-0.1, -0.05) is 12.1 Å². The number of nitrogens with zero attached hydrogens (tertiary/aromatic N) is 3. The van der Waals surface area contributed by atoms with E-state index in [0.717, 1.165) is 70.1 Å². The van der Waals surface area contributed by atoms with Gasteiger partial charge >= 0.3 is 0 Å². The Morgan fingerprint density at radius 1 is 1.35 bits per heavy atom. The highest BCUT2D eigenvalue weighted by Crippen LogP contribution is 2.38. The molecule has 1 spiro atoms. The van der Waals surface area contributed by atoms with Crippen molar-refractivity contribution >= 4 is 11.6 Å². The highest BCUT2D eigenvalue weighted by molar-refractivity contribution is 5.80. The van der Waals surface area contributed by atoms with Crippen LogP contribution in [0.25, 0.3) is 0 Å². The van der Waals surface area contributed by atoms with Crippen molar-refractivity contribution in [1.29, 1.82) is 0 Å². The van der Waals surface area contributed by atoms with Crippen LogP contribution in [0.5, 0.6) is 0 Å². The van der Waals surface area contributed by atoms with Gasteiger partial charge in [-0.3, -0.25) is 15.1 Å². The Morgan fingerprint density at radius 2 is 2.15 bits per heavy atom. The quantitative estimate of drug-likeness (QED) is 0.277. The van der Waals surface area contributed by atoms with Crippen molar-refractivity contribution < 1.29 is 9.66 Å². The van der Waals surface area contributed by atoms with Crippen LogP contribution in [-0.2, 0) is 11.2 Å². The van der Waals surface area contributed by atoms with E-state index in [9.17, 15) is 10.1 Å². The zero-order chi connectivity index (χ0) is 18.4. The van der Waals surface area contributed by atoms with Crippen LogP contribution in [0.3, 0.4) is 0 Å². The first kappa shape index (κ1) is 18.6. The summed E-state index contributed by atoms with van der Waals surface area (Å²) in [6, 6.07) is 6.84. The van der Waals surface area contributed by atoms with E-state index in [4.69, 9.17) is 4.74 Å². The predicted octanol–water partition coefficient (Wildman–Crippen LogP) is 2.61. The van der Waals surface area contributed by atoms with Gasteiger partial charge in [0.2, 0.25) is 0 Å². The molecule has 0 aliphatic carbocycles. The Hall–Kier alpha value is -2.15. The topological polar surface area (TPSA) is 80.0 Å². The molecule has 7 heteroatoms. The number of nitro benzene ring substituents is 1. The molecule has 1 aromatic carbocycles. The fourth-order valence-electron chi connectivity index (χ4n) is 3.86. The average Bonchev–Trinajstić information content (AvgIpc) is 3.28. The van der Waals surface area contributed by atoms with E-state index in [1.165, 1.54) is 6.42 Å². The molecule has 3 rings (SSSR count). The molecule has 0 bridgehead atoms. The molecule has 1 N–H and O–H groups in total. The summed E-state index contributed by atoms with van der Waals surface area (Å²) >= 11 is 0. The number of hydrogen-bond donors (Lipinski definition) is 1. The number of nitrogens with one attached hydrogen (secondary N) is 1. The fourth-order valence-corrected chi connectivity index (χ4v) is 3.86. The van der Waals surface area contributed by atoms with Crippen molar-refractivity contribution in [2.24, 2.45) is 10.4 Å². The third-order valence-electron chi connectivity index (χ3n) is 5.46. The standard InChI is InChI=1S/C19H28N4O3/c1-20-18(22-12-9-19(14-22)10-13-26-15-19)21-11-3-2-4-16-5-7-17(8-6-16)23(24)25/h5-8H,2-4,9-15H2,1H3,(H,20,21). The van der Waals surface area contributed by atoms with Crippen LogP contribution >= 0.6 is 0 Å². The van der Waals surface area contributed by atoms with Crippen LogP contribution in [0.4, 0.5) is 5.69 Å². The number of unbranched alkanes of at least 4 members (excludes halogenated alkanes) is 1. The second-order valence-corrected chi connectivity index (χ2v) is 7.33. The van der Waals surface area contributed by atoms with Crippen molar-refractivity contribution in [3.05, 3.63) is 39.9 Å². The lowest BCUT2D eigenvalue weighted by Gasteiger charge is -2.24. The summed E-state index contributed by atoms with van der Waals surface area (Å²) in [4.78, 5) is 17.1. The van der Waals surface area contributed by atoms with E-state index < -0.39 is 0 Å². The SMILES string of the molecule is CN=C(NCCCCc1ccc([N+](=O)[O-])cc1)N1CCC2(CCOC2)C1. The number of aliphatic imine (C=N–C) groups is 1. The summed E-state index contributed by atoms with van der Waals surface area (Å²) in [6.45, 7) is 4.75. The summed E-state index contributed by atoms with van der Waals surface area (Å²) < 4.78 is 5.60. The van der Waals surface area contributed by atoms with Crippen molar-refractivity contribution in [1.82, 2.24) is 10.2 Å². The van der Waals surface area contributed by atoms with Crippen LogP contribution in [0, 0.1) is 15.5 Å². The summed E-state index contributed by atoms with van der Waals surface area (Å²) in [5, 5.41) is 14.1. The molecule has 2 saturated heterocycles. The van der Waals surface area contributed by atoms with E-state index in [1.54, 1.807) is 12.1 Å². The Bertz CT molecular complexity index is 639. The molecule has 26 heavy (non-hydrogen) atoms. The molecule has 0 radical (unpaired) electrons. The molecule has 0 aromatic heterocycles. The lowest BCUT2D eigenvalue weighted by Crippen LogP contribution is -2.41. The molecule has 1 atom stereocenters. The maximum atomic E-state index is 10.7. The molecule has 2 fully saturated rings. The van der Waals surface area contributed by atoms with Gasteiger partial charge in [0.1, 0.15) is 0 Å². The van der Waals surface area contributed by atoms with Gasteiger partial charge in [0.25, 0.3) is 5.69 Å². The van der Waals surface area contributed by atoms with Gasteiger partial charge in [0.05, 0.1) is 11.5 Å². The number of non-ortho nitro benzene ring substituents is 1. The first-order valence-corrected chi connectivity index (χ1v) is 9.39. The smallest absolute Gasteiger partial charge is 0.269 e. The molecular weight excluding hydrogens is 332 g/mol. The lowest BCUT2D eigenvalue weighted by atomic mass is 9.87. The van der Waals surface area contributed by atoms with Crippen molar-refractivity contribution in [2.75, 3.05) is 39.9 Å². The van der Waals surface area contributed by atoms with Crippen LogP contribution < -0.4 is 5.32 Å². The van der Waals surface area contributed by atoms with Gasteiger partial charge in [0, 0.05) is 50.8 Å². The van der Waals surface area contributed by atoms with Gasteiger partial charge in [0.15, 0.2) is 5.96 Å². The highest BCUT2D eigenvalue weighted by Gasteiger charge is 2.42.